The molecule has 0 aliphatic carbocycles. The van der Waals surface area contributed by atoms with Crippen molar-refractivity contribution in [3.63, 3.8) is 0 Å². The van der Waals surface area contributed by atoms with Gasteiger partial charge in [0, 0.05) is 30.7 Å². The van der Waals surface area contributed by atoms with Crippen molar-refractivity contribution in [1.29, 1.82) is 0 Å². The molecule has 19 heavy (non-hydrogen) atoms. The zero-order chi connectivity index (χ0) is 13.2. The van der Waals surface area contributed by atoms with Crippen LogP contribution in [0.1, 0.15) is 17.1 Å². The predicted molar refractivity (Wildman–Crippen MR) is 79.3 cm³/mol. The van der Waals surface area contributed by atoms with Gasteiger partial charge in [-0.15, -0.1) is 11.8 Å². The number of nitrogens with zero attached hydrogens (tertiary/aromatic N) is 3. The van der Waals surface area contributed by atoms with Gasteiger partial charge in [0.25, 0.3) is 0 Å². The molecule has 0 bridgehead atoms. The van der Waals surface area contributed by atoms with E-state index < -0.39 is 0 Å². The number of hydrogen-bond acceptors (Lipinski definition) is 3. The molecule has 0 N–H and O–H groups in total. The van der Waals surface area contributed by atoms with E-state index in [1.807, 2.05) is 0 Å². The Bertz CT molecular complexity index is 559. The van der Waals surface area contributed by atoms with Gasteiger partial charge in [-0.2, -0.15) is 0 Å². The third-order valence-corrected chi connectivity index (χ3v) is 4.31. The van der Waals surface area contributed by atoms with Gasteiger partial charge in [-0.3, -0.25) is 4.90 Å². The van der Waals surface area contributed by atoms with E-state index in [1.165, 1.54) is 16.3 Å². The Labute approximate surface area is 118 Å². The van der Waals surface area contributed by atoms with E-state index >= 15 is 0 Å². The second kappa shape index (κ2) is 5.39. The van der Waals surface area contributed by atoms with E-state index in [2.05, 4.69) is 58.1 Å². The van der Waals surface area contributed by atoms with Crippen molar-refractivity contribution in [2.75, 3.05) is 12.8 Å². The lowest BCUT2D eigenvalue weighted by Gasteiger charge is -2.27. The Morgan fingerprint density at radius 1 is 1.21 bits per heavy atom. The summed E-state index contributed by atoms with van der Waals surface area (Å²) in [6, 6.07) is 8.88. The quantitative estimate of drug-likeness (QED) is 0.802. The first-order valence-electron chi connectivity index (χ1n) is 6.62. The summed E-state index contributed by atoms with van der Waals surface area (Å²) in [5.41, 5.74) is 2.51. The van der Waals surface area contributed by atoms with Crippen LogP contribution >= 0.6 is 11.8 Å². The van der Waals surface area contributed by atoms with Gasteiger partial charge < -0.3 is 4.57 Å². The van der Waals surface area contributed by atoms with Gasteiger partial charge in [-0.1, -0.05) is 12.1 Å². The molecule has 0 atom stereocenters. The Hall–Kier alpha value is -1.26. The van der Waals surface area contributed by atoms with Gasteiger partial charge in [0.05, 0.1) is 12.2 Å². The van der Waals surface area contributed by atoms with E-state index in [9.17, 15) is 0 Å². The van der Waals surface area contributed by atoms with Crippen LogP contribution < -0.4 is 0 Å². The minimum atomic E-state index is 0.956. The maximum absolute atomic E-state index is 4.59. The van der Waals surface area contributed by atoms with Crippen molar-refractivity contribution < 1.29 is 0 Å². The maximum atomic E-state index is 4.59. The van der Waals surface area contributed by atoms with Crippen molar-refractivity contribution in [3.05, 3.63) is 47.5 Å². The fourth-order valence-electron chi connectivity index (χ4n) is 2.57. The standard InChI is InChI=1S/C15H19N3S/c1-12-9-18-8-7-17(11-15(18)16-12)10-13-3-5-14(19-2)6-4-13/h3-6,9H,7-8,10-11H2,1-2H3. The Kier molecular flexibility index (Phi) is 3.62. The van der Waals surface area contributed by atoms with Gasteiger partial charge in [0.1, 0.15) is 5.82 Å². The highest BCUT2D eigenvalue weighted by atomic mass is 32.2. The molecule has 0 spiro atoms. The Morgan fingerprint density at radius 3 is 2.74 bits per heavy atom. The highest BCUT2D eigenvalue weighted by Gasteiger charge is 2.17. The Morgan fingerprint density at radius 2 is 2.00 bits per heavy atom. The average molecular weight is 273 g/mol. The number of imidazole rings is 1. The van der Waals surface area contributed by atoms with Crippen LogP contribution in [0.25, 0.3) is 0 Å². The average Bonchev–Trinajstić information content (AvgIpc) is 2.79. The first-order chi connectivity index (χ1) is 9.24. The van der Waals surface area contributed by atoms with E-state index in [-0.39, 0.29) is 0 Å². The van der Waals surface area contributed by atoms with Crippen LogP contribution in [0.15, 0.2) is 35.4 Å². The summed E-state index contributed by atoms with van der Waals surface area (Å²) in [6.07, 6.45) is 4.27. The molecule has 0 radical (unpaired) electrons. The van der Waals surface area contributed by atoms with Crippen molar-refractivity contribution in [3.8, 4) is 0 Å². The summed E-state index contributed by atoms with van der Waals surface area (Å²) in [4.78, 5) is 8.38. The molecule has 0 fully saturated rings. The summed E-state index contributed by atoms with van der Waals surface area (Å²) in [5, 5.41) is 0. The number of fused-ring (bicyclic) bond motifs is 1. The third kappa shape index (κ3) is 2.85. The van der Waals surface area contributed by atoms with Crippen molar-refractivity contribution in [1.82, 2.24) is 14.5 Å². The summed E-state index contributed by atoms with van der Waals surface area (Å²) in [5.74, 6) is 1.20. The molecule has 0 saturated heterocycles. The van der Waals surface area contributed by atoms with Gasteiger partial charge in [-0.25, -0.2) is 4.98 Å². The molecule has 100 valence electrons. The fourth-order valence-corrected chi connectivity index (χ4v) is 2.98. The molecule has 1 aromatic carbocycles. The molecule has 0 amide bonds. The smallest absolute Gasteiger partial charge is 0.123 e. The van der Waals surface area contributed by atoms with Gasteiger partial charge in [-0.05, 0) is 30.9 Å². The maximum Gasteiger partial charge on any atom is 0.123 e. The van der Waals surface area contributed by atoms with Crippen LogP contribution in [-0.4, -0.2) is 27.3 Å². The molecule has 3 nitrogen and oxygen atoms in total. The molecule has 1 aliphatic rings. The number of aromatic nitrogens is 2. The normalized spacial score (nSPS) is 15.5. The minimum absolute atomic E-state index is 0.956. The van der Waals surface area contributed by atoms with Crippen LogP contribution in [0.5, 0.6) is 0 Å². The number of aryl methyl sites for hydroxylation is 1. The largest absolute Gasteiger partial charge is 0.332 e. The van der Waals surface area contributed by atoms with E-state index in [4.69, 9.17) is 0 Å². The van der Waals surface area contributed by atoms with Crippen molar-refractivity contribution in [2.24, 2.45) is 0 Å². The second-order valence-corrected chi connectivity index (χ2v) is 5.93. The van der Waals surface area contributed by atoms with Gasteiger partial charge >= 0.3 is 0 Å². The van der Waals surface area contributed by atoms with Crippen LogP contribution in [0.4, 0.5) is 0 Å². The molecular weight excluding hydrogens is 254 g/mol. The molecule has 1 aliphatic heterocycles. The number of benzene rings is 1. The van der Waals surface area contributed by atoms with Crippen LogP contribution in [-0.2, 0) is 19.6 Å². The fraction of sp³-hybridized carbons (Fsp3) is 0.400. The lowest BCUT2D eigenvalue weighted by molar-refractivity contribution is 0.209. The van der Waals surface area contributed by atoms with Crippen molar-refractivity contribution >= 4 is 11.8 Å². The molecule has 0 saturated carbocycles. The summed E-state index contributed by atoms with van der Waals surface area (Å²) < 4.78 is 2.28. The SMILES string of the molecule is CSc1ccc(CN2CCn3cc(C)nc3C2)cc1. The topological polar surface area (TPSA) is 21.1 Å². The van der Waals surface area contributed by atoms with Crippen LogP contribution in [0.2, 0.25) is 0 Å². The van der Waals surface area contributed by atoms with Gasteiger partial charge in [0.15, 0.2) is 0 Å². The highest BCUT2D eigenvalue weighted by molar-refractivity contribution is 7.98. The zero-order valence-corrected chi connectivity index (χ0v) is 12.3. The molecule has 0 unspecified atom stereocenters. The first kappa shape index (κ1) is 12.8. The number of hydrogen-bond donors (Lipinski definition) is 0. The molecule has 3 rings (SSSR count). The Balaban J connectivity index is 1.68. The third-order valence-electron chi connectivity index (χ3n) is 3.57. The monoisotopic (exact) mass is 273 g/mol. The highest BCUT2D eigenvalue weighted by Crippen LogP contribution is 2.18. The predicted octanol–water partition coefficient (Wildman–Crippen LogP) is 2.93. The minimum Gasteiger partial charge on any atom is -0.332 e. The lowest BCUT2D eigenvalue weighted by Crippen LogP contribution is -2.33. The summed E-state index contributed by atoms with van der Waals surface area (Å²) in [7, 11) is 0. The van der Waals surface area contributed by atoms with Crippen LogP contribution in [0.3, 0.4) is 0 Å². The van der Waals surface area contributed by atoms with E-state index in [1.54, 1.807) is 11.8 Å². The summed E-state index contributed by atoms with van der Waals surface area (Å²) in [6.45, 7) is 6.20. The number of rotatable bonds is 3. The van der Waals surface area contributed by atoms with E-state index in [0.29, 0.717) is 0 Å². The van der Waals surface area contributed by atoms with Crippen LogP contribution in [0, 0.1) is 6.92 Å². The first-order valence-corrected chi connectivity index (χ1v) is 7.85. The van der Waals surface area contributed by atoms with Gasteiger partial charge in [0.2, 0.25) is 0 Å². The lowest BCUT2D eigenvalue weighted by atomic mass is 10.2. The number of thioether (sulfide) groups is 1. The second-order valence-electron chi connectivity index (χ2n) is 5.05. The zero-order valence-electron chi connectivity index (χ0n) is 11.5. The molecule has 1 aromatic heterocycles. The molecular formula is C15H19N3S. The van der Waals surface area contributed by atoms with E-state index in [0.717, 1.165) is 31.9 Å². The van der Waals surface area contributed by atoms with Crippen molar-refractivity contribution in [2.45, 2.75) is 31.5 Å². The molecule has 4 heteroatoms. The molecule has 2 aromatic rings. The summed E-state index contributed by atoms with van der Waals surface area (Å²) >= 11 is 1.79. The molecule has 2 heterocycles.